The van der Waals surface area contributed by atoms with Gasteiger partial charge in [0.15, 0.2) is 0 Å². The van der Waals surface area contributed by atoms with Crippen LogP contribution in [-0.4, -0.2) is 28.4 Å². The zero-order chi connectivity index (χ0) is 13.3. The number of nitrogens with zero attached hydrogens (tertiary/aromatic N) is 1. The maximum absolute atomic E-state index is 11.9. The molecule has 1 aromatic heterocycles. The quantitative estimate of drug-likeness (QED) is 0.891. The molecule has 1 aromatic rings. The third-order valence-electron chi connectivity index (χ3n) is 3.53. The summed E-state index contributed by atoms with van der Waals surface area (Å²) in [6, 6.07) is 1.31. The van der Waals surface area contributed by atoms with Crippen LogP contribution in [0.5, 0.6) is 0 Å². The van der Waals surface area contributed by atoms with Crippen molar-refractivity contribution in [2.45, 2.75) is 32.7 Å². The van der Waals surface area contributed by atoms with Crippen LogP contribution in [0.15, 0.2) is 16.7 Å². The second kappa shape index (κ2) is 4.84. The summed E-state index contributed by atoms with van der Waals surface area (Å²) in [7, 11) is 0. The number of rotatable bonds is 3. The fourth-order valence-corrected chi connectivity index (χ4v) is 2.60. The van der Waals surface area contributed by atoms with E-state index in [9.17, 15) is 14.7 Å². The molecule has 0 aromatic carbocycles. The molecule has 0 radical (unpaired) electrons. The van der Waals surface area contributed by atoms with Gasteiger partial charge in [0, 0.05) is 13.0 Å². The summed E-state index contributed by atoms with van der Waals surface area (Å²) in [6.07, 6.45) is 2.20. The Balaban J connectivity index is 2.43. The number of likely N-dealkylation sites (tertiary alicyclic amines) is 1. The van der Waals surface area contributed by atoms with Crippen molar-refractivity contribution in [3.8, 4) is 0 Å². The summed E-state index contributed by atoms with van der Waals surface area (Å²) >= 11 is 0. The van der Waals surface area contributed by atoms with Crippen molar-refractivity contribution in [1.82, 2.24) is 4.90 Å². The first-order chi connectivity index (χ1) is 8.56. The van der Waals surface area contributed by atoms with E-state index in [-0.39, 0.29) is 5.91 Å². The molecule has 0 saturated carbocycles. The van der Waals surface area contributed by atoms with E-state index in [0.717, 1.165) is 5.56 Å². The van der Waals surface area contributed by atoms with Crippen molar-refractivity contribution in [3.05, 3.63) is 23.7 Å². The molecular weight excluding hydrogens is 234 g/mol. The van der Waals surface area contributed by atoms with Gasteiger partial charge < -0.3 is 14.4 Å². The smallest absolute Gasteiger partial charge is 0.309 e. The highest BCUT2D eigenvalue weighted by Crippen LogP contribution is 2.38. The minimum Gasteiger partial charge on any atom is -0.481 e. The molecule has 98 valence electrons. The predicted molar refractivity (Wildman–Crippen MR) is 63.9 cm³/mol. The van der Waals surface area contributed by atoms with Gasteiger partial charge in [0.2, 0.25) is 5.91 Å². The van der Waals surface area contributed by atoms with Gasteiger partial charge in [-0.2, -0.15) is 0 Å². The van der Waals surface area contributed by atoms with Gasteiger partial charge in [-0.25, -0.2) is 0 Å². The number of aryl methyl sites for hydroxylation is 1. The lowest BCUT2D eigenvalue weighted by atomic mass is 9.86. The van der Waals surface area contributed by atoms with E-state index in [2.05, 4.69) is 0 Å². The van der Waals surface area contributed by atoms with E-state index in [4.69, 9.17) is 4.42 Å². The van der Waals surface area contributed by atoms with Crippen LogP contribution < -0.4 is 0 Å². The normalized spacial score (nSPS) is 24.3. The summed E-state index contributed by atoms with van der Waals surface area (Å²) in [5.74, 6) is -0.873. The first-order valence-electron chi connectivity index (χ1n) is 6.12. The van der Waals surface area contributed by atoms with Crippen molar-refractivity contribution >= 4 is 11.9 Å². The number of furan rings is 1. The largest absolute Gasteiger partial charge is 0.481 e. The predicted octanol–water partition coefficient (Wildman–Crippen LogP) is 1.97. The number of aliphatic carboxylic acids is 1. The fourth-order valence-electron chi connectivity index (χ4n) is 2.60. The van der Waals surface area contributed by atoms with E-state index in [0.29, 0.717) is 25.1 Å². The van der Waals surface area contributed by atoms with Crippen molar-refractivity contribution in [2.75, 3.05) is 6.54 Å². The average Bonchev–Trinajstić information content (AvgIpc) is 2.74. The lowest BCUT2D eigenvalue weighted by Crippen LogP contribution is -2.45. The summed E-state index contributed by atoms with van der Waals surface area (Å²) in [5.41, 5.74) is 0.888. The van der Waals surface area contributed by atoms with Gasteiger partial charge in [-0.3, -0.25) is 9.59 Å². The molecule has 2 rings (SSSR count). The molecule has 0 bridgehead atoms. The molecule has 1 saturated heterocycles. The minimum atomic E-state index is -0.873. The lowest BCUT2D eigenvalue weighted by Gasteiger charge is -2.38. The highest BCUT2D eigenvalue weighted by Gasteiger charge is 2.42. The molecule has 2 atom stereocenters. The van der Waals surface area contributed by atoms with Gasteiger partial charge >= 0.3 is 5.97 Å². The monoisotopic (exact) mass is 251 g/mol. The van der Waals surface area contributed by atoms with Crippen LogP contribution in [-0.2, 0) is 9.59 Å². The van der Waals surface area contributed by atoms with Crippen molar-refractivity contribution in [3.63, 3.8) is 0 Å². The summed E-state index contributed by atoms with van der Waals surface area (Å²) in [4.78, 5) is 24.9. The van der Waals surface area contributed by atoms with Crippen LogP contribution >= 0.6 is 0 Å². The van der Waals surface area contributed by atoms with E-state index < -0.39 is 17.9 Å². The van der Waals surface area contributed by atoms with Crippen LogP contribution in [0.3, 0.4) is 0 Å². The standard InChI is InChI=1S/C13H17NO4/c1-3-14-10(15)5-4-9(13(16)17)11(14)12-8(2)6-7-18-12/h6-7,9,11H,3-5H2,1-2H3,(H,16,17). The zero-order valence-electron chi connectivity index (χ0n) is 10.5. The summed E-state index contributed by atoms with van der Waals surface area (Å²) in [6.45, 7) is 4.21. The number of carboxylic acid groups (broad SMARTS) is 1. The van der Waals surface area contributed by atoms with Gasteiger partial charge in [-0.15, -0.1) is 0 Å². The third-order valence-corrected chi connectivity index (χ3v) is 3.53. The van der Waals surface area contributed by atoms with Crippen LogP contribution in [0, 0.1) is 12.8 Å². The molecule has 0 spiro atoms. The Hall–Kier alpha value is -1.78. The minimum absolute atomic E-state index is 0.00389. The van der Waals surface area contributed by atoms with E-state index in [1.54, 1.807) is 11.0 Å². The van der Waals surface area contributed by atoms with Crippen LogP contribution in [0.1, 0.15) is 37.1 Å². The Labute approximate surface area is 105 Å². The Morgan fingerprint density at radius 2 is 2.33 bits per heavy atom. The molecule has 1 aliphatic heterocycles. The van der Waals surface area contributed by atoms with Crippen LogP contribution in [0.4, 0.5) is 0 Å². The number of hydrogen-bond acceptors (Lipinski definition) is 3. The lowest BCUT2D eigenvalue weighted by molar-refractivity contribution is -0.152. The van der Waals surface area contributed by atoms with Gasteiger partial charge in [-0.05, 0) is 31.9 Å². The SMILES string of the molecule is CCN1C(=O)CCC(C(=O)O)C1c1occc1C. The summed E-state index contributed by atoms with van der Waals surface area (Å²) in [5, 5.41) is 9.32. The molecular formula is C13H17NO4. The molecule has 1 aliphatic rings. The Bertz CT molecular complexity index is 463. The number of piperidine rings is 1. The second-order valence-corrected chi connectivity index (χ2v) is 4.58. The summed E-state index contributed by atoms with van der Waals surface area (Å²) < 4.78 is 5.41. The van der Waals surface area contributed by atoms with Crippen LogP contribution in [0.25, 0.3) is 0 Å². The maximum Gasteiger partial charge on any atom is 0.309 e. The molecule has 18 heavy (non-hydrogen) atoms. The highest BCUT2D eigenvalue weighted by molar-refractivity contribution is 5.81. The van der Waals surface area contributed by atoms with Crippen molar-refractivity contribution < 1.29 is 19.1 Å². The molecule has 5 nitrogen and oxygen atoms in total. The van der Waals surface area contributed by atoms with Crippen molar-refractivity contribution in [1.29, 1.82) is 0 Å². The molecule has 2 heterocycles. The first kappa shape index (κ1) is 12.7. The third kappa shape index (κ3) is 2.00. The molecule has 5 heteroatoms. The van der Waals surface area contributed by atoms with E-state index in [1.165, 1.54) is 6.26 Å². The highest BCUT2D eigenvalue weighted by atomic mass is 16.4. The average molecular weight is 251 g/mol. The Morgan fingerprint density at radius 1 is 1.61 bits per heavy atom. The molecule has 2 unspecified atom stereocenters. The number of hydrogen-bond donors (Lipinski definition) is 1. The zero-order valence-corrected chi connectivity index (χ0v) is 10.5. The maximum atomic E-state index is 11.9. The fraction of sp³-hybridized carbons (Fsp3) is 0.538. The number of carbonyl (C=O) groups is 2. The van der Waals surface area contributed by atoms with Crippen molar-refractivity contribution in [2.24, 2.45) is 5.92 Å². The van der Waals surface area contributed by atoms with Crippen LogP contribution in [0.2, 0.25) is 0 Å². The Kier molecular flexibility index (Phi) is 3.41. The number of carbonyl (C=O) groups excluding carboxylic acids is 1. The topological polar surface area (TPSA) is 70.8 Å². The number of carboxylic acids is 1. The van der Waals surface area contributed by atoms with E-state index >= 15 is 0 Å². The van der Waals surface area contributed by atoms with Gasteiger partial charge in [-0.1, -0.05) is 0 Å². The van der Waals surface area contributed by atoms with E-state index in [1.807, 2.05) is 13.8 Å². The van der Waals surface area contributed by atoms with Gasteiger partial charge in [0.1, 0.15) is 11.8 Å². The second-order valence-electron chi connectivity index (χ2n) is 4.58. The van der Waals surface area contributed by atoms with Gasteiger partial charge in [0.05, 0.1) is 12.2 Å². The molecule has 1 fully saturated rings. The number of amides is 1. The Morgan fingerprint density at radius 3 is 2.83 bits per heavy atom. The van der Waals surface area contributed by atoms with Gasteiger partial charge in [0.25, 0.3) is 0 Å². The first-order valence-corrected chi connectivity index (χ1v) is 6.12. The molecule has 1 N–H and O–H groups in total. The molecule has 0 aliphatic carbocycles. The molecule has 1 amide bonds.